The highest BCUT2D eigenvalue weighted by Gasteiger charge is 2.03. The van der Waals surface area contributed by atoms with Crippen molar-refractivity contribution in [1.29, 1.82) is 0 Å². The van der Waals surface area contributed by atoms with Gasteiger partial charge in [-0.25, -0.2) is 0 Å². The molecule has 1 heterocycles. The summed E-state index contributed by atoms with van der Waals surface area (Å²) in [7, 11) is 0. The van der Waals surface area contributed by atoms with Crippen molar-refractivity contribution in [1.82, 2.24) is 5.32 Å². The van der Waals surface area contributed by atoms with Gasteiger partial charge in [-0.05, 0) is 56.6 Å². The topological polar surface area (TPSA) is 12.0 Å². The monoisotopic (exact) mass is 379 g/mol. The molecular weight excluding hydrogens is 365 g/mol. The third-order valence-electron chi connectivity index (χ3n) is 3.15. The van der Waals surface area contributed by atoms with Crippen molar-refractivity contribution in [2.45, 2.75) is 13.1 Å². The van der Waals surface area contributed by atoms with Gasteiger partial charge in [-0.3, -0.25) is 0 Å². The highest BCUT2D eigenvalue weighted by atomic mass is 127. The minimum atomic E-state index is 0.920. The molecule has 0 bridgehead atoms. The Labute approximate surface area is 130 Å². The number of benzene rings is 2. The first-order chi connectivity index (χ1) is 9.34. The Kier molecular flexibility index (Phi) is 4.15. The maximum atomic E-state index is 3.54. The molecule has 2 aromatic carbocycles. The Morgan fingerprint density at radius 2 is 1.63 bits per heavy atom. The number of thiophene rings is 1. The average Bonchev–Trinajstić information content (AvgIpc) is 2.85. The SMILES string of the molecule is Ic1ccccc1CNCc1csc2ccccc12. The largest absolute Gasteiger partial charge is 0.309 e. The molecule has 96 valence electrons. The molecular formula is C16H14INS. The fourth-order valence-electron chi connectivity index (χ4n) is 2.14. The number of fused-ring (bicyclic) bond motifs is 1. The van der Waals surface area contributed by atoms with Crippen molar-refractivity contribution in [3.63, 3.8) is 0 Å². The minimum absolute atomic E-state index is 0.920. The molecule has 3 heteroatoms. The van der Waals surface area contributed by atoms with Crippen molar-refractivity contribution in [3.05, 3.63) is 68.6 Å². The van der Waals surface area contributed by atoms with Crippen LogP contribution in [0.15, 0.2) is 53.9 Å². The zero-order valence-electron chi connectivity index (χ0n) is 10.4. The van der Waals surface area contributed by atoms with Crippen LogP contribution in [0, 0.1) is 3.57 Å². The predicted molar refractivity (Wildman–Crippen MR) is 91.5 cm³/mol. The zero-order valence-corrected chi connectivity index (χ0v) is 13.4. The minimum Gasteiger partial charge on any atom is -0.309 e. The lowest BCUT2D eigenvalue weighted by atomic mass is 10.1. The van der Waals surface area contributed by atoms with Gasteiger partial charge in [0.25, 0.3) is 0 Å². The summed E-state index contributed by atoms with van der Waals surface area (Å²) in [6.07, 6.45) is 0. The van der Waals surface area contributed by atoms with Gasteiger partial charge in [0.2, 0.25) is 0 Å². The molecule has 1 nitrogen and oxygen atoms in total. The first-order valence-electron chi connectivity index (χ1n) is 6.24. The van der Waals surface area contributed by atoms with E-state index in [0.717, 1.165) is 13.1 Å². The summed E-state index contributed by atoms with van der Waals surface area (Å²) >= 11 is 4.21. The van der Waals surface area contributed by atoms with Crippen LogP contribution >= 0.6 is 33.9 Å². The molecule has 0 radical (unpaired) electrons. The maximum Gasteiger partial charge on any atom is 0.0346 e. The van der Waals surface area contributed by atoms with Crippen molar-refractivity contribution in [2.75, 3.05) is 0 Å². The number of nitrogens with one attached hydrogen (secondary N) is 1. The van der Waals surface area contributed by atoms with Crippen LogP contribution in [0.1, 0.15) is 11.1 Å². The second kappa shape index (κ2) is 6.03. The Morgan fingerprint density at radius 3 is 2.53 bits per heavy atom. The predicted octanol–water partition coefficient (Wildman–Crippen LogP) is 4.80. The summed E-state index contributed by atoms with van der Waals surface area (Å²) < 4.78 is 2.69. The molecule has 1 N–H and O–H groups in total. The van der Waals surface area contributed by atoms with Gasteiger partial charge < -0.3 is 5.32 Å². The van der Waals surface area contributed by atoms with E-state index in [-0.39, 0.29) is 0 Å². The molecule has 3 rings (SSSR count). The third-order valence-corrected chi connectivity index (χ3v) is 5.21. The van der Waals surface area contributed by atoms with E-state index in [1.54, 1.807) is 0 Å². The van der Waals surface area contributed by atoms with Crippen LogP contribution in [-0.2, 0) is 13.1 Å². The van der Waals surface area contributed by atoms with Gasteiger partial charge in [0.05, 0.1) is 0 Å². The van der Waals surface area contributed by atoms with Crippen LogP contribution in [0.4, 0.5) is 0 Å². The molecule has 0 atom stereocenters. The van der Waals surface area contributed by atoms with Gasteiger partial charge in [-0.2, -0.15) is 0 Å². The summed E-state index contributed by atoms with van der Waals surface area (Å²) in [6.45, 7) is 1.85. The molecule has 0 amide bonds. The fraction of sp³-hybridized carbons (Fsp3) is 0.125. The van der Waals surface area contributed by atoms with Gasteiger partial charge in [-0.1, -0.05) is 36.4 Å². The van der Waals surface area contributed by atoms with Gasteiger partial charge in [0.15, 0.2) is 0 Å². The van der Waals surface area contributed by atoms with E-state index in [2.05, 4.69) is 81.8 Å². The van der Waals surface area contributed by atoms with Crippen LogP contribution in [-0.4, -0.2) is 0 Å². The molecule has 0 unspecified atom stereocenters. The number of hydrogen-bond donors (Lipinski definition) is 1. The quantitative estimate of drug-likeness (QED) is 0.643. The van der Waals surface area contributed by atoms with Crippen molar-refractivity contribution < 1.29 is 0 Å². The number of rotatable bonds is 4. The summed E-state index contributed by atoms with van der Waals surface area (Å²) in [5.74, 6) is 0. The average molecular weight is 379 g/mol. The van der Waals surface area contributed by atoms with E-state index in [9.17, 15) is 0 Å². The second-order valence-electron chi connectivity index (χ2n) is 4.45. The molecule has 3 aromatic rings. The molecule has 0 spiro atoms. The molecule has 0 saturated carbocycles. The molecule has 1 aromatic heterocycles. The molecule has 0 aliphatic rings. The van der Waals surface area contributed by atoms with Gasteiger partial charge in [-0.15, -0.1) is 11.3 Å². The van der Waals surface area contributed by atoms with Gasteiger partial charge >= 0.3 is 0 Å². The van der Waals surface area contributed by atoms with Crippen molar-refractivity contribution in [2.24, 2.45) is 0 Å². The Morgan fingerprint density at radius 1 is 0.895 bits per heavy atom. The summed E-state index contributed by atoms with van der Waals surface area (Å²) in [6, 6.07) is 17.1. The van der Waals surface area contributed by atoms with Gasteiger partial charge in [0.1, 0.15) is 0 Å². The summed E-state index contributed by atoms with van der Waals surface area (Å²) in [4.78, 5) is 0. The Bertz CT molecular complexity index is 690. The zero-order chi connectivity index (χ0) is 13.1. The molecule has 19 heavy (non-hydrogen) atoms. The first kappa shape index (κ1) is 13.1. The van der Waals surface area contributed by atoms with Crippen molar-refractivity contribution in [3.8, 4) is 0 Å². The lowest BCUT2D eigenvalue weighted by molar-refractivity contribution is 0.695. The molecule has 0 saturated heterocycles. The molecule has 0 aliphatic heterocycles. The number of halogens is 1. The Balaban J connectivity index is 1.68. The van der Waals surface area contributed by atoms with Crippen molar-refractivity contribution >= 4 is 44.0 Å². The second-order valence-corrected chi connectivity index (χ2v) is 6.53. The lowest BCUT2D eigenvalue weighted by Crippen LogP contribution is -2.13. The van der Waals surface area contributed by atoms with E-state index in [0.29, 0.717) is 0 Å². The van der Waals surface area contributed by atoms with E-state index < -0.39 is 0 Å². The van der Waals surface area contributed by atoms with Crippen LogP contribution in [0.25, 0.3) is 10.1 Å². The Hall–Kier alpha value is -0.910. The number of hydrogen-bond acceptors (Lipinski definition) is 2. The third kappa shape index (κ3) is 2.99. The maximum absolute atomic E-state index is 3.54. The summed E-state index contributed by atoms with van der Waals surface area (Å²) in [5.41, 5.74) is 2.76. The van der Waals surface area contributed by atoms with Crippen LogP contribution < -0.4 is 5.32 Å². The van der Waals surface area contributed by atoms with Crippen LogP contribution in [0.2, 0.25) is 0 Å². The van der Waals surface area contributed by atoms with E-state index in [1.165, 1.54) is 24.8 Å². The van der Waals surface area contributed by atoms with E-state index >= 15 is 0 Å². The van der Waals surface area contributed by atoms with E-state index in [4.69, 9.17) is 0 Å². The van der Waals surface area contributed by atoms with Crippen LogP contribution in [0.3, 0.4) is 0 Å². The first-order valence-corrected chi connectivity index (χ1v) is 8.19. The smallest absolute Gasteiger partial charge is 0.0346 e. The van der Waals surface area contributed by atoms with Gasteiger partial charge in [0, 0.05) is 21.4 Å². The standard InChI is InChI=1S/C16H14INS/c17-15-7-3-1-5-12(15)9-18-10-13-11-19-16-8-4-2-6-14(13)16/h1-8,11,18H,9-10H2. The molecule has 0 fully saturated rings. The highest BCUT2D eigenvalue weighted by Crippen LogP contribution is 2.25. The summed E-state index contributed by atoms with van der Waals surface area (Å²) in [5, 5.41) is 7.17. The lowest BCUT2D eigenvalue weighted by Gasteiger charge is -2.06. The highest BCUT2D eigenvalue weighted by molar-refractivity contribution is 14.1. The molecule has 0 aliphatic carbocycles. The van der Waals surface area contributed by atoms with E-state index in [1.807, 2.05) is 11.3 Å². The fourth-order valence-corrected chi connectivity index (χ4v) is 3.68. The van der Waals surface area contributed by atoms with Crippen LogP contribution in [0.5, 0.6) is 0 Å². The normalized spacial score (nSPS) is 11.0.